The van der Waals surface area contributed by atoms with Crippen LogP contribution in [0.5, 0.6) is 11.5 Å². The molecule has 0 aromatic heterocycles. The Morgan fingerprint density at radius 3 is 2.65 bits per heavy atom. The average Bonchev–Trinajstić information content (AvgIpc) is 2.78. The number of rotatable bonds is 4. The molecule has 0 saturated heterocycles. The van der Waals surface area contributed by atoms with Crippen LogP contribution in [0.15, 0.2) is 65.0 Å². The lowest BCUT2D eigenvalue weighted by atomic mass is 9.75. The van der Waals surface area contributed by atoms with Gasteiger partial charge in [0.15, 0.2) is 17.3 Å². The number of Topliss-reactive ketones (excluding diaryl/α,β-unsaturated/α-hetero) is 1. The molecule has 1 amide bonds. The summed E-state index contributed by atoms with van der Waals surface area (Å²) in [4.78, 5) is 26.4. The van der Waals surface area contributed by atoms with Gasteiger partial charge in [0.2, 0.25) is 0 Å². The molecule has 0 spiro atoms. The second-order valence-corrected chi connectivity index (χ2v) is 8.23. The number of hydrogen-bond donors (Lipinski definition) is 3. The van der Waals surface area contributed by atoms with E-state index in [1.807, 2.05) is 0 Å². The number of dihydropyridines is 1. The van der Waals surface area contributed by atoms with Gasteiger partial charge < -0.3 is 20.5 Å². The summed E-state index contributed by atoms with van der Waals surface area (Å²) in [6.07, 6.45) is -2.92. The van der Waals surface area contributed by atoms with Crippen LogP contribution >= 0.6 is 0 Å². The number of halogens is 3. The number of carbonyl (C=O) groups excluding carboxylic acids is 2. The van der Waals surface area contributed by atoms with Crippen LogP contribution in [0.3, 0.4) is 0 Å². The van der Waals surface area contributed by atoms with Crippen molar-refractivity contribution >= 4 is 17.4 Å². The molecule has 9 heteroatoms. The van der Waals surface area contributed by atoms with Gasteiger partial charge in [-0.3, -0.25) is 9.59 Å². The maximum absolute atomic E-state index is 13.4. The van der Waals surface area contributed by atoms with Crippen molar-refractivity contribution < 1.29 is 32.6 Å². The van der Waals surface area contributed by atoms with E-state index >= 15 is 0 Å². The van der Waals surface area contributed by atoms with Crippen LogP contribution in [0.4, 0.5) is 18.9 Å². The molecule has 178 valence electrons. The van der Waals surface area contributed by atoms with E-state index in [1.54, 1.807) is 19.1 Å². The van der Waals surface area contributed by atoms with Crippen molar-refractivity contribution in [3.63, 3.8) is 0 Å². The first-order valence-corrected chi connectivity index (χ1v) is 10.7. The third-order valence-corrected chi connectivity index (χ3v) is 6.01. The minimum Gasteiger partial charge on any atom is -0.504 e. The number of aromatic hydroxyl groups is 1. The number of ketones is 1. The second kappa shape index (κ2) is 8.89. The summed E-state index contributed by atoms with van der Waals surface area (Å²) < 4.78 is 44.6. The second-order valence-electron chi connectivity index (χ2n) is 8.23. The molecule has 6 nitrogen and oxygen atoms in total. The van der Waals surface area contributed by atoms with Crippen LogP contribution in [0.2, 0.25) is 0 Å². The fraction of sp³-hybridized carbons (Fsp3) is 0.280. The van der Waals surface area contributed by atoms with Crippen LogP contribution in [-0.2, 0) is 15.8 Å². The van der Waals surface area contributed by atoms with Crippen LogP contribution in [-0.4, -0.2) is 23.9 Å². The van der Waals surface area contributed by atoms with Gasteiger partial charge in [-0.25, -0.2) is 0 Å². The predicted molar refractivity (Wildman–Crippen MR) is 119 cm³/mol. The van der Waals surface area contributed by atoms with Gasteiger partial charge in [-0.2, -0.15) is 13.2 Å². The number of nitrogens with one attached hydrogen (secondary N) is 2. The molecule has 4 rings (SSSR count). The maximum Gasteiger partial charge on any atom is 0.416 e. The van der Waals surface area contributed by atoms with E-state index in [4.69, 9.17) is 4.74 Å². The highest BCUT2D eigenvalue weighted by Gasteiger charge is 2.39. The summed E-state index contributed by atoms with van der Waals surface area (Å²) in [7, 11) is 1.39. The number of hydrogen-bond acceptors (Lipinski definition) is 5. The highest BCUT2D eigenvalue weighted by atomic mass is 19.4. The molecule has 1 aliphatic carbocycles. The Kier molecular flexibility index (Phi) is 6.12. The van der Waals surface area contributed by atoms with Crippen molar-refractivity contribution in [1.29, 1.82) is 0 Å². The Labute approximate surface area is 194 Å². The Morgan fingerprint density at radius 2 is 1.94 bits per heavy atom. The molecule has 2 aliphatic rings. The van der Waals surface area contributed by atoms with E-state index in [1.165, 1.54) is 25.3 Å². The lowest BCUT2D eigenvalue weighted by Gasteiger charge is -2.34. The summed E-state index contributed by atoms with van der Waals surface area (Å²) in [6, 6.07) is 8.95. The van der Waals surface area contributed by atoms with E-state index in [0.717, 1.165) is 17.8 Å². The summed E-state index contributed by atoms with van der Waals surface area (Å²) in [5.41, 5.74) is 1.52. The van der Waals surface area contributed by atoms with Crippen molar-refractivity contribution in [1.82, 2.24) is 5.32 Å². The van der Waals surface area contributed by atoms with Gasteiger partial charge >= 0.3 is 6.18 Å². The number of benzene rings is 2. The number of phenolic OH excluding ortho intramolecular Hbond substituents is 1. The Balaban J connectivity index is 1.78. The number of carbonyl (C=O) groups is 2. The molecule has 0 saturated carbocycles. The van der Waals surface area contributed by atoms with E-state index in [9.17, 15) is 27.9 Å². The average molecular weight is 472 g/mol. The number of anilines is 1. The molecular formula is C25H23F3N2O4. The smallest absolute Gasteiger partial charge is 0.416 e. The lowest BCUT2D eigenvalue weighted by molar-refractivity contribution is -0.137. The third kappa shape index (κ3) is 4.37. The highest BCUT2D eigenvalue weighted by molar-refractivity contribution is 6.09. The number of ether oxygens (including phenoxy) is 1. The number of phenols is 1. The maximum atomic E-state index is 13.4. The van der Waals surface area contributed by atoms with E-state index in [0.29, 0.717) is 36.1 Å². The largest absolute Gasteiger partial charge is 0.504 e. The van der Waals surface area contributed by atoms with Crippen LogP contribution in [0, 0.1) is 0 Å². The van der Waals surface area contributed by atoms with Crippen molar-refractivity contribution in [3.05, 3.63) is 76.1 Å². The van der Waals surface area contributed by atoms with Gasteiger partial charge in [0.25, 0.3) is 5.91 Å². The number of methoxy groups -OCH3 is 1. The molecule has 2 aromatic rings. The zero-order chi connectivity index (χ0) is 24.6. The number of allylic oxidation sites excluding steroid dienone is 3. The number of alkyl halides is 3. The van der Waals surface area contributed by atoms with Gasteiger partial charge in [-0.1, -0.05) is 12.1 Å². The van der Waals surface area contributed by atoms with Gasteiger partial charge in [0.1, 0.15) is 0 Å². The van der Waals surface area contributed by atoms with Crippen molar-refractivity contribution in [2.45, 2.75) is 38.3 Å². The number of amides is 1. The fourth-order valence-electron chi connectivity index (χ4n) is 4.46. The Hall–Kier alpha value is -3.75. The van der Waals surface area contributed by atoms with Crippen molar-refractivity contribution in [3.8, 4) is 11.5 Å². The van der Waals surface area contributed by atoms with E-state index in [-0.39, 0.29) is 28.5 Å². The first-order valence-electron chi connectivity index (χ1n) is 10.7. The lowest BCUT2D eigenvalue weighted by Crippen LogP contribution is -2.35. The minimum atomic E-state index is -4.55. The van der Waals surface area contributed by atoms with Crippen LogP contribution in [0.25, 0.3) is 0 Å². The summed E-state index contributed by atoms with van der Waals surface area (Å²) in [5, 5.41) is 15.7. The SMILES string of the molecule is COc1cc([C@@H]2C(C(=O)Nc3cccc(C(F)(F)F)c3)=C(C)NC3=C2C(=O)CCC3)ccc1O. The normalized spacial score (nSPS) is 18.4. The first kappa shape index (κ1) is 23.4. The van der Waals surface area contributed by atoms with E-state index in [2.05, 4.69) is 10.6 Å². The summed E-state index contributed by atoms with van der Waals surface area (Å²) in [6.45, 7) is 1.69. The van der Waals surface area contributed by atoms with Gasteiger partial charge in [-0.05, 0) is 55.7 Å². The topological polar surface area (TPSA) is 87.7 Å². The Morgan fingerprint density at radius 1 is 1.18 bits per heavy atom. The van der Waals surface area contributed by atoms with Gasteiger partial charge in [-0.15, -0.1) is 0 Å². The quantitative estimate of drug-likeness (QED) is 0.581. The molecule has 1 atom stereocenters. The molecule has 0 fully saturated rings. The van der Waals surface area contributed by atoms with Gasteiger partial charge in [0, 0.05) is 40.6 Å². The fourth-order valence-corrected chi connectivity index (χ4v) is 4.46. The summed E-state index contributed by atoms with van der Waals surface area (Å²) >= 11 is 0. The Bertz CT molecular complexity index is 1230. The molecule has 3 N–H and O–H groups in total. The molecule has 34 heavy (non-hydrogen) atoms. The third-order valence-electron chi connectivity index (χ3n) is 6.01. The summed E-state index contributed by atoms with van der Waals surface area (Å²) in [5.74, 6) is -1.44. The molecule has 1 aliphatic heterocycles. The molecule has 1 heterocycles. The molecule has 0 radical (unpaired) electrons. The predicted octanol–water partition coefficient (Wildman–Crippen LogP) is 5.03. The van der Waals surface area contributed by atoms with E-state index < -0.39 is 23.6 Å². The zero-order valence-corrected chi connectivity index (χ0v) is 18.5. The monoisotopic (exact) mass is 472 g/mol. The highest BCUT2D eigenvalue weighted by Crippen LogP contribution is 2.44. The molecular weight excluding hydrogens is 449 g/mol. The van der Waals surface area contributed by atoms with Crippen LogP contribution < -0.4 is 15.4 Å². The van der Waals surface area contributed by atoms with Crippen molar-refractivity contribution in [2.75, 3.05) is 12.4 Å². The van der Waals surface area contributed by atoms with Crippen molar-refractivity contribution in [2.24, 2.45) is 0 Å². The molecule has 0 unspecified atom stereocenters. The standard InChI is InChI=1S/C25H23F3N2O4/c1-13-21(24(33)30-16-6-3-5-15(12-16)25(26,27)28)22(14-9-10-18(31)20(11-14)34-2)23-17(29-13)7-4-8-19(23)32/h3,5-6,9-12,22,29,31H,4,7-8H2,1-2H3,(H,30,33)/t22-/m1/s1. The first-order chi connectivity index (χ1) is 16.1. The zero-order valence-electron chi connectivity index (χ0n) is 18.5. The molecule has 0 bridgehead atoms. The van der Waals surface area contributed by atoms with Crippen LogP contribution in [0.1, 0.15) is 43.2 Å². The van der Waals surface area contributed by atoms with Gasteiger partial charge in [0.05, 0.1) is 12.7 Å². The minimum absolute atomic E-state index is 0.0168. The molecule has 2 aromatic carbocycles.